The molecule has 0 radical (unpaired) electrons. The monoisotopic (exact) mass is 287 g/mol. The van der Waals surface area contributed by atoms with Crippen LogP contribution in [0.3, 0.4) is 0 Å². The van der Waals surface area contributed by atoms with Crippen LogP contribution in [-0.2, 0) is 0 Å². The van der Waals surface area contributed by atoms with Crippen LogP contribution in [0.4, 0.5) is 0 Å². The van der Waals surface area contributed by atoms with Crippen LogP contribution >= 0.6 is 11.8 Å². The minimum absolute atomic E-state index is 0.302. The van der Waals surface area contributed by atoms with Crippen molar-refractivity contribution in [2.75, 3.05) is 6.61 Å². The minimum Gasteiger partial charge on any atom is -0.396 e. The van der Waals surface area contributed by atoms with Gasteiger partial charge in [-0.2, -0.15) is 11.8 Å². The molecule has 0 saturated heterocycles. The number of hydrogen-bond donors (Lipinski definition) is 2. The zero-order valence-corrected chi connectivity index (χ0v) is 13.5. The van der Waals surface area contributed by atoms with Crippen molar-refractivity contribution in [3.63, 3.8) is 0 Å². The van der Waals surface area contributed by atoms with Crippen LogP contribution in [0.2, 0.25) is 0 Å². The smallest absolute Gasteiger partial charge is 0.0441 e. The van der Waals surface area contributed by atoms with E-state index in [2.05, 4.69) is 6.92 Å². The van der Waals surface area contributed by atoms with Crippen LogP contribution in [0.15, 0.2) is 0 Å². The summed E-state index contributed by atoms with van der Waals surface area (Å²) in [6.45, 7) is 2.53. The standard InChI is InChI=1S/C16H33NOS/c1-14(12-13-18)19-16-11-9-7-5-3-2-4-6-8-10-15(16)17/h14-16,18H,2-13,17H2,1H3. The molecule has 0 amide bonds. The second kappa shape index (κ2) is 11.0. The fraction of sp³-hybridized carbons (Fsp3) is 1.00. The molecule has 3 heteroatoms. The van der Waals surface area contributed by atoms with Crippen molar-refractivity contribution in [2.24, 2.45) is 5.73 Å². The molecule has 3 atom stereocenters. The average Bonchev–Trinajstić information content (AvgIpc) is 2.37. The lowest BCUT2D eigenvalue weighted by Crippen LogP contribution is -2.33. The maximum absolute atomic E-state index is 9.04. The van der Waals surface area contributed by atoms with Crippen molar-refractivity contribution in [1.82, 2.24) is 0 Å². The Balaban J connectivity index is 2.41. The van der Waals surface area contributed by atoms with Gasteiger partial charge in [-0.3, -0.25) is 0 Å². The quantitative estimate of drug-likeness (QED) is 0.818. The van der Waals surface area contributed by atoms with Gasteiger partial charge in [-0.05, 0) is 19.3 Å². The Morgan fingerprint density at radius 2 is 1.53 bits per heavy atom. The molecule has 1 rings (SSSR count). The lowest BCUT2D eigenvalue weighted by atomic mass is 9.98. The first-order valence-corrected chi connectivity index (χ1v) is 9.20. The van der Waals surface area contributed by atoms with Crippen molar-refractivity contribution in [2.45, 2.75) is 94.1 Å². The van der Waals surface area contributed by atoms with Gasteiger partial charge in [0.2, 0.25) is 0 Å². The SMILES string of the molecule is CC(CCO)SC1CCCCCCCCCCC1N. The van der Waals surface area contributed by atoms with Gasteiger partial charge in [0.15, 0.2) is 0 Å². The Morgan fingerprint density at radius 3 is 2.11 bits per heavy atom. The van der Waals surface area contributed by atoms with Crippen molar-refractivity contribution >= 4 is 11.8 Å². The summed E-state index contributed by atoms with van der Waals surface area (Å²) >= 11 is 2.02. The molecule has 0 aromatic heterocycles. The normalized spacial score (nSPS) is 29.2. The Labute approximate surface area is 123 Å². The molecule has 0 aromatic rings. The second-order valence-corrected chi connectivity index (χ2v) is 7.75. The molecule has 2 nitrogen and oxygen atoms in total. The number of nitrogens with two attached hydrogens (primary N) is 1. The van der Waals surface area contributed by atoms with E-state index >= 15 is 0 Å². The highest BCUT2D eigenvalue weighted by atomic mass is 32.2. The lowest BCUT2D eigenvalue weighted by Gasteiger charge is -2.26. The van der Waals surface area contributed by atoms with Gasteiger partial charge < -0.3 is 10.8 Å². The highest BCUT2D eigenvalue weighted by Crippen LogP contribution is 2.29. The molecule has 0 bridgehead atoms. The summed E-state index contributed by atoms with van der Waals surface area (Å²) in [6, 6.07) is 0.352. The zero-order chi connectivity index (χ0) is 13.9. The number of hydrogen-bond acceptors (Lipinski definition) is 3. The number of rotatable bonds is 4. The fourth-order valence-electron chi connectivity index (χ4n) is 2.90. The largest absolute Gasteiger partial charge is 0.396 e. The maximum atomic E-state index is 9.04. The fourth-order valence-corrected chi connectivity index (χ4v) is 4.38. The summed E-state index contributed by atoms with van der Waals surface area (Å²) < 4.78 is 0. The molecule has 114 valence electrons. The van der Waals surface area contributed by atoms with E-state index in [0.29, 0.717) is 23.1 Å². The topological polar surface area (TPSA) is 46.2 Å². The van der Waals surface area contributed by atoms with E-state index < -0.39 is 0 Å². The summed E-state index contributed by atoms with van der Waals surface area (Å²) in [4.78, 5) is 0. The number of aliphatic hydroxyl groups excluding tert-OH is 1. The summed E-state index contributed by atoms with van der Waals surface area (Å²) in [5, 5.41) is 10.2. The molecule has 3 N–H and O–H groups in total. The first-order chi connectivity index (χ1) is 9.24. The minimum atomic E-state index is 0.302. The molecule has 1 saturated carbocycles. The molecule has 0 aliphatic heterocycles. The van der Waals surface area contributed by atoms with E-state index in [9.17, 15) is 0 Å². The number of thioether (sulfide) groups is 1. The van der Waals surface area contributed by atoms with Crippen LogP contribution in [0, 0.1) is 0 Å². The van der Waals surface area contributed by atoms with Crippen molar-refractivity contribution < 1.29 is 5.11 Å². The molecule has 1 fully saturated rings. The van der Waals surface area contributed by atoms with E-state index in [1.165, 1.54) is 64.2 Å². The van der Waals surface area contributed by atoms with Gasteiger partial charge in [-0.1, -0.05) is 58.3 Å². The highest BCUT2D eigenvalue weighted by molar-refractivity contribution is 8.00. The molecular weight excluding hydrogens is 254 g/mol. The van der Waals surface area contributed by atoms with Crippen LogP contribution in [0.1, 0.15) is 77.6 Å². The van der Waals surface area contributed by atoms with Crippen LogP contribution in [0.25, 0.3) is 0 Å². The third-order valence-corrected chi connectivity index (χ3v) is 5.83. The van der Waals surface area contributed by atoms with Crippen LogP contribution in [-0.4, -0.2) is 28.3 Å². The Morgan fingerprint density at radius 1 is 1.00 bits per heavy atom. The Kier molecular flexibility index (Phi) is 10.0. The second-order valence-electron chi connectivity index (χ2n) is 6.07. The summed E-state index contributed by atoms with van der Waals surface area (Å²) in [5.74, 6) is 0. The predicted molar refractivity (Wildman–Crippen MR) is 86.7 cm³/mol. The Hall–Kier alpha value is 0.270. The van der Waals surface area contributed by atoms with E-state index in [-0.39, 0.29) is 0 Å². The molecule has 19 heavy (non-hydrogen) atoms. The highest BCUT2D eigenvalue weighted by Gasteiger charge is 2.20. The molecule has 3 unspecified atom stereocenters. The van der Waals surface area contributed by atoms with E-state index in [1.54, 1.807) is 0 Å². The average molecular weight is 288 g/mol. The van der Waals surface area contributed by atoms with Crippen molar-refractivity contribution in [1.29, 1.82) is 0 Å². The first-order valence-electron chi connectivity index (χ1n) is 8.26. The van der Waals surface area contributed by atoms with Gasteiger partial charge in [-0.25, -0.2) is 0 Å². The van der Waals surface area contributed by atoms with Gasteiger partial charge in [0.1, 0.15) is 0 Å². The van der Waals surface area contributed by atoms with Crippen LogP contribution < -0.4 is 5.73 Å². The van der Waals surface area contributed by atoms with Gasteiger partial charge in [0.25, 0.3) is 0 Å². The van der Waals surface area contributed by atoms with E-state index in [4.69, 9.17) is 10.8 Å². The van der Waals surface area contributed by atoms with Crippen LogP contribution in [0.5, 0.6) is 0 Å². The van der Waals surface area contributed by atoms with E-state index in [1.807, 2.05) is 11.8 Å². The third-order valence-electron chi connectivity index (χ3n) is 4.20. The van der Waals surface area contributed by atoms with Gasteiger partial charge in [-0.15, -0.1) is 0 Å². The lowest BCUT2D eigenvalue weighted by molar-refractivity contribution is 0.288. The van der Waals surface area contributed by atoms with Gasteiger partial charge in [0.05, 0.1) is 0 Å². The first kappa shape index (κ1) is 17.3. The molecule has 1 aliphatic carbocycles. The summed E-state index contributed by atoms with van der Waals surface area (Å²) in [5.41, 5.74) is 6.42. The Bertz CT molecular complexity index is 213. The number of aliphatic hydroxyl groups is 1. The van der Waals surface area contributed by atoms with Gasteiger partial charge in [0, 0.05) is 23.1 Å². The van der Waals surface area contributed by atoms with E-state index in [0.717, 1.165) is 6.42 Å². The molecule has 1 aliphatic rings. The molecular formula is C16H33NOS. The molecule has 0 heterocycles. The predicted octanol–water partition coefficient (Wildman–Crippen LogP) is 4.10. The van der Waals surface area contributed by atoms with Crippen molar-refractivity contribution in [3.05, 3.63) is 0 Å². The molecule has 0 spiro atoms. The van der Waals surface area contributed by atoms with Gasteiger partial charge >= 0.3 is 0 Å². The third kappa shape index (κ3) is 8.21. The van der Waals surface area contributed by atoms with Crippen molar-refractivity contribution in [3.8, 4) is 0 Å². The summed E-state index contributed by atoms with van der Waals surface area (Å²) in [6.07, 6.45) is 14.3. The zero-order valence-electron chi connectivity index (χ0n) is 12.7. The summed E-state index contributed by atoms with van der Waals surface area (Å²) in [7, 11) is 0. The maximum Gasteiger partial charge on any atom is 0.0441 e. The molecule has 0 aromatic carbocycles.